The van der Waals surface area contributed by atoms with Crippen LogP contribution in [0.15, 0.2) is 0 Å². The molecule has 94 valence electrons. The minimum atomic E-state index is 0.350. The van der Waals surface area contributed by atoms with Crippen molar-refractivity contribution in [2.24, 2.45) is 5.92 Å². The van der Waals surface area contributed by atoms with E-state index >= 15 is 0 Å². The van der Waals surface area contributed by atoms with Gasteiger partial charge < -0.3 is 19.5 Å². The molecule has 4 nitrogen and oxygen atoms in total. The summed E-state index contributed by atoms with van der Waals surface area (Å²) < 4.78 is 16.4. The summed E-state index contributed by atoms with van der Waals surface area (Å²) in [5, 5.41) is 3.48. The van der Waals surface area contributed by atoms with Gasteiger partial charge in [-0.25, -0.2) is 0 Å². The van der Waals surface area contributed by atoms with Crippen molar-refractivity contribution in [1.82, 2.24) is 5.32 Å². The lowest BCUT2D eigenvalue weighted by Crippen LogP contribution is -2.36. The molecule has 0 radical (unpaired) electrons. The fourth-order valence-corrected chi connectivity index (χ4v) is 2.28. The van der Waals surface area contributed by atoms with Crippen molar-refractivity contribution < 1.29 is 14.2 Å². The molecule has 0 spiro atoms. The number of ether oxygens (including phenoxy) is 3. The van der Waals surface area contributed by atoms with Crippen molar-refractivity contribution in [3.8, 4) is 0 Å². The van der Waals surface area contributed by atoms with Crippen LogP contribution in [0.4, 0.5) is 0 Å². The van der Waals surface area contributed by atoms with Gasteiger partial charge in [0.15, 0.2) is 0 Å². The molecule has 4 heteroatoms. The van der Waals surface area contributed by atoms with E-state index in [1.54, 1.807) is 0 Å². The lowest BCUT2D eigenvalue weighted by Gasteiger charge is -2.16. The molecule has 0 bridgehead atoms. The van der Waals surface area contributed by atoms with Gasteiger partial charge in [-0.05, 0) is 19.8 Å². The zero-order chi connectivity index (χ0) is 11.2. The van der Waals surface area contributed by atoms with E-state index in [9.17, 15) is 0 Å². The third kappa shape index (κ3) is 3.70. The first kappa shape index (κ1) is 12.3. The van der Waals surface area contributed by atoms with E-state index in [1.807, 2.05) is 0 Å². The van der Waals surface area contributed by atoms with Crippen molar-refractivity contribution in [2.45, 2.75) is 31.9 Å². The molecular formula is C12H23NO3. The predicted octanol–water partition coefficient (Wildman–Crippen LogP) is 0.806. The summed E-state index contributed by atoms with van der Waals surface area (Å²) in [6, 6.07) is 0.512. The van der Waals surface area contributed by atoms with Crippen molar-refractivity contribution in [3.05, 3.63) is 0 Å². The van der Waals surface area contributed by atoms with E-state index < -0.39 is 0 Å². The first-order valence-electron chi connectivity index (χ1n) is 6.36. The molecule has 2 aliphatic heterocycles. The zero-order valence-corrected chi connectivity index (χ0v) is 10.1. The van der Waals surface area contributed by atoms with Crippen LogP contribution in [0.2, 0.25) is 0 Å². The van der Waals surface area contributed by atoms with Crippen LogP contribution in [-0.2, 0) is 14.2 Å². The molecule has 0 aromatic rings. The Bertz CT molecular complexity index is 195. The maximum atomic E-state index is 5.63. The van der Waals surface area contributed by atoms with Gasteiger partial charge >= 0.3 is 0 Å². The Morgan fingerprint density at radius 1 is 1.31 bits per heavy atom. The van der Waals surface area contributed by atoms with Gasteiger partial charge in [-0.3, -0.25) is 0 Å². The third-order valence-corrected chi connectivity index (χ3v) is 3.41. The minimum absolute atomic E-state index is 0.350. The Kier molecular flexibility index (Phi) is 5.03. The maximum Gasteiger partial charge on any atom is 0.0700 e. The molecular weight excluding hydrogens is 206 g/mol. The normalized spacial score (nSPS) is 34.7. The smallest absolute Gasteiger partial charge is 0.0700 e. The molecule has 3 atom stereocenters. The summed E-state index contributed by atoms with van der Waals surface area (Å²) in [6.45, 7) is 7.36. The topological polar surface area (TPSA) is 39.7 Å². The van der Waals surface area contributed by atoms with Gasteiger partial charge in [-0.15, -0.1) is 0 Å². The molecule has 3 unspecified atom stereocenters. The van der Waals surface area contributed by atoms with Gasteiger partial charge in [0.2, 0.25) is 0 Å². The van der Waals surface area contributed by atoms with Crippen LogP contribution >= 0.6 is 0 Å². The Labute approximate surface area is 97.6 Å². The second-order valence-electron chi connectivity index (χ2n) is 4.73. The van der Waals surface area contributed by atoms with Crippen LogP contribution in [0, 0.1) is 5.92 Å². The molecule has 0 aromatic carbocycles. The average molecular weight is 229 g/mol. The molecule has 2 fully saturated rings. The number of hydrogen-bond acceptors (Lipinski definition) is 4. The molecule has 2 saturated heterocycles. The lowest BCUT2D eigenvalue weighted by atomic mass is 10.1. The van der Waals surface area contributed by atoms with Gasteiger partial charge in [0.1, 0.15) is 0 Å². The van der Waals surface area contributed by atoms with E-state index in [2.05, 4.69) is 12.2 Å². The summed E-state index contributed by atoms with van der Waals surface area (Å²) in [7, 11) is 0. The highest BCUT2D eigenvalue weighted by atomic mass is 16.5. The standard InChI is InChI=1S/C12H23NO3/c1-10-12(3-6-16-10)13-4-7-15-9-11-2-5-14-8-11/h10-13H,2-9H2,1H3. The first-order valence-corrected chi connectivity index (χ1v) is 6.36. The highest BCUT2D eigenvalue weighted by Gasteiger charge is 2.23. The Morgan fingerprint density at radius 3 is 2.94 bits per heavy atom. The first-order chi connectivity index (χ1) is 7.86. The highest BCUT2D eigenvalue weighted by molar-refractivity contribution is 4.78. The van der Waals surface area contributed by atoms with Gasteiger partial charge in [0, 0.05) is 31.7 Å². The SMILES string of the molecule is CC1OCCC1NCCOCC1CCOC1. The van der Waals surface area contributed by atoms with Gasteiger partial charge in [0.05, 0.1) is 25.9 Å². The van der Waals surface area contributed by atoms with Crippen LogP contribution < -0.4 is 5.32 Å². The second kappa shape index (κ2) is 6.55. The van der Waals surface area contributed by atoms with Crippen molar-refractivity contribution in [2.75, 3.05) is 39.6 Å². The Balaban J connectivity index is 1.45. The fraction of sp³-hybridized carbons (Fsp3) is 1.00. The van der Waals surface area contributed by atoms with Crippen LogP contribution in [-0.4, -0.2) is 51.7 Å². The maximum absolute atomic E-state index is 5.63. The molecule has 2 rings (SSSR count). The Morgan fingerprint density at radius 2 is 2.25 bits per heavy atom. The Hall–Kier alpha value is -0.160. The summed E-state index contributed by atoms with van der Waals surface area (Å²) in [4.78, 5) is 0. The van der Waals surface area contributed by atoms with Gasteiger partial charge in [0.25, 0.3) is 0 Å². The second-order valence-corrected chi connectivity index (χ2v) is 4.73. The molecule has 0 amide bonds. The van der Waals surface area contributed by atoms with E-state index in [0.717, 1.165) is 52.4 Å². The van der Waals surface area contributed by atoms with Crippen molar-refractivity contribution >= 4 is 0 Å². The van der Waals surface area contributed by atoms with Crippen LogP contribution in [0.5, 0.6) is 0 Å². The minimum Gasteiger partial charge on any atom is -0.381 e. The highest BCUT2D eigenvalue weighted by Crippen LogP contribution is 2.13. The summed E-state index contributed by atoms with van der Waals surface area (Å²) >= 11 is 0. The van der Waals surface area contributed by atoms with E-state index in [4.69, 9.17) is 14.2 Å². The van der Waals surface area contributed by atoms with E-state index in [0.29, 0.717) is 18.1 Å². The largest absolute Gasteiger partial charge is 0.381 e. The average Bonchev–Trinajstić information content (AvgIpc) is 2.90. The fourth-order valence-electron chi connectivity index (χ4n) is 2.28. The number of rotatable bonds is 6. The zero-order valence-electron chi connectivity index (χ0n) is 10.1. The third-order valence-electron chi connectivity index (χ3n) is 3.41. The monoisotopic (exact) mass is 229 g/mol. The molecule has 0 aromatic heterocycles. The van der Waals surface area contributed by atoms with Gasteiger partial charge in [-0.1, -0.05) is 0 Å². The quantitative estimate of drug-likeness (QED) is 0.684. The number of hydrogen-bond donors (Lipinski definition) is 1. The van der Waals surface area contributed by atoms with Crippen molar-refractivity contribution in [1.29, 1.82) is 0 Å². The molecule has 0 aliphatic carbocycles. The van der Waals surface area contributed by atoms with Crippen molar-refractivity contribution in [3.63, 3.8) is 0 Å². The van der Waals surface area contributed by atoms with E-state index in [-0.39, 0.29) is 0 Å². The van der Waals surface area contributed by atoms with Crippen LogP contribution in [0.3, 0.4) is 0 Å². The summed E-state index contributed by atoms with van der Waals surface area (Å²) in [5.41, 5.74) is 0. The summed E-state index contributed by atoms with van der Waals surface area (Å²) in [5.74, 6) is 0.619. The van der Waals surface area contributed by atoms with Gasteiger partial charge in [-0.2, -0.15) is 0 Å². The molecule has 1 N–H and O–H groups in total. The van der Waals surface area contributed by atoms with E-state index in [1.165, 1.54) is 0 Å². The lowest BCUT2D eigenvalue weighted by molar-refractivity contribution is 0.0846. The number of nitrogens with one attached hydrogen (secondary N) is 1. The van der Waals surface area contributed by atoms with Crippen LogP contribution in [0.25, 0.3) is 0 Å². The molecule has 2 aliphatic rings. The summed E-state index contributed by atoms with van der Waals surface area (Å²) in [6.07, 6.45) is 2.63. The molecule has 2 heterocycles. The molecule has 16 heavy (non-hydrogen) atoms. The predicted molar refractivity (Wildman–Crippen MR) is 61.6 cm³/mol. The molecule has 0 saturated carbocycles. The van der Waals surface area contributed by atoms with Crippen LogP contribution in [0.1, 0.15) is 19.8 Å².